The minimum atomic E-state index is 0.747. The molecular weight excluding hydrogens is 120 g/mol. The van der Waals surface area contributed by atoms with Gasteiger partial charge in [0.2, 0.25) is 0 Å². The third kappa shape index (κ3) is 3.71. The Morgan fingerprint density at radius 2 is 1.90 bits per heavy atom. The molecule has 0 rings (SSSR count). The molecule has 0 N–H and O–H groups in total. The maximum absolute atomic E-state index is 2.39. The fourth-order valence-corrected chi connectivity index (χ4v) is 1.12. The average Bonchev–Trinajstić information content (AvgIpc) is 1.89. The first kappa shape index (κ1) is 9.74. The fraction of sp³-hybridized carbons (Fsp3) is 0.800. The number of hydrogen-bond donors (Lipinski definition) is 0. The summed E-state index contributed by atoms with van der Waals surface area (Å²) in [6.45, 7) is 9.00. The molecule has 0 saturated heterocycles. The summed E-state index contributed by atoms with van der Waals surface area (Å²) in [7, 11) is 0. The summed E-state index contributed by atoms with van der Waals surface area (Å²) in [6, 6.07) is 0. The molecule has 0 aliphatic carbocycles. The van der Waals surface area contributed by atoms with Crippen LogP contribution in [0, 0.1) is 5.92 Å². The van der Waals surface area contributed by atoms with E-state index in [4.69, 9.17) is 0 Å². The number of unbranched alkanes of at least 4 members (excludes halogenated alkanes) is 1. The van der Waals surface area contributed by atoms with Gasteiger partial charge < -0.3 is 0 Å². The Bertz CT molecular complexity index is 98.6. The Labute approximate surface area is 65.3 Å². The normalized spacial score (nSPS) is 12.7. The minimum Gasteiger partial charge on any atom is -0.0851 e. The van der Waals surface area contributed by atoms with Gasteiger partial charge in [-0.1, -0.05) is 45.8 Å². The van der Waals surface area contributed by atoms with Crippen molar-refractivity contribution in [2.24, 2.45) is 5.92 Å². The van der Waals surface area contributed by atoms with Gasteiger partial charge in [0.15, 0.2) is 0 Å². The molecule has 0 aliphatic heterocycles. The second-order valence-electron chi connectivity index (χ2n) is 3.08. The van der Waals surface area contributed by atoms with Crippen LogP contribution in [0.15, 0.2) is 11.6 Å². The van der Waals surface area contributed by atoms with Crippen molar-refractivity contribution >= 4 is 0 Å². The van der Waals surface area contributed by atoms with Crippen LogP contribution in [0.4, 0.5) is 0 Å². The first-order valence-electron chi connectivity index (χ1n) is 4.41. The second-order valence-corrected chi connectivity index (χ2v) is 3.08. The molecule has 0 aliphatic rings. The van der Waals surface area contributed by atoms with Crippen molar-refractivity contribution in [3.05, 3.63) is 11.6 Å². The standard InChI is InChI=1S/C10H20/c1-5-7-8-10(6-2)9(3)4/h8-9H,5-7H2,1-4H3. The summed E-state index contributed by atoms with van der Waals surface area (Å²) in [4.78, 5) is 0. The molecule has 0 aromatic heterocycles. The molecule has 0 fully saturated rings. The second kappa shape index (κ2) is 5.52. The van der Waals surface area contributed by atoms with Gasteiger partial charge in [0, 0.05) is 0 Å². The van der Waals surface area contributed by atoms with Gasteiger partial charge in [-0.15, -0.1) is 0 Å². The molecule has 10 heavy (non-hydrogen) atoms. The van der Waals surface area contributed by atoms with E-state index in [9.17, 15) is 0 Å². The highest BCUT2D eigenvalue weighted by Gasteiger charge is 1.97. The lowest BCUT2D eigenvalue weighted by Crippen LogP contribution is -1.91. The lowest BCUT2D eigenvalue weighted by atomic mass is 9.99. The molecule has 0 atom stereocenters. The first-order chi connectivity index (χ1) is 4.72. The quantitative estimate of drug-likeness (QED) is 0.521. The van der Waals surface area contributed by atoms with Gasteiger partial charge >= 0.3 is 0 Å². The van der Waals surface area contributed by atoms with Crippen LogP contribution in [0.1, 0.15) is 47.0 Å². The SMILES string of the molecule is CCCC=C(CC)C(C)C. The van der Waals surface area contributed by atoms with E-state index in [1.165, 1.54) is 19.3 Å². The lowest BCUT2D eigenvalue weighted by molar-refractivity contribution is 0.721. The first-order valence-corrected chi connectivity index (χ1v) is 4.41. The van der Waals surface area contributed by atoms with Gasteiger partial charge in [0.25, 0.3) is 0 Å². The smallest absolute Gasteiger partial charge is 0.0260 e. The zero-order chi connectivity index (χ0) is 7.98. The van der Waals surface area contributed by atoms with Crippen LogP contribution < -0.4 is 0 Å². The van der Waals surface area contributed by atoms with Crippen LogP contribution in [0.3, 0.4) is 0 Å². The van der Waals surface area contributed by atoms with Gasteiger partial charge in [0.1, 0.15) is 0 Å². The van der Waals surface area contributed by atoms with Crippen LogP contribution in [0.25, 0.3) is 0 Å². The van der Waals surface area contributed by atoms with Crippen LogP contribution in [0.5, 0.6) is 0 Å². The molecule has 0 aromatic rings. The highest BCUT2D eigenvalue weighted by Crippen LogP contribution is 2.14. The van der Waals surface area contributed by atoms with Crippen molar-refractivity contribution in [3.63, 3.8) is 0 Å². The van der Waals surface area contributed by atoms with Crippen LogP contribution in [-0.2, 0) is 0 Å². The summed E-state index contributed by atoms with van der Waals surface area (Å²) < 4.78 is 0. The van der Waals surface area contributed by atoms with Gasteiger partial charge in [-0.25, -0.2) is 0 Å². The summed E-state index contributed by atoms with van der Waals surface area (Å²) in [5.74, 6) is 0.747. The van der Waals surface area contributed by atoms with E-state index >= 15 is 0 Å². The molecule has 0 heterocycles. The van der Waals surface area contributed by atoms with Crippen LogP contribution >= 0.6 is 0 Å². The molecule has 0 heteroatoms. The van der Waals surface area contributed by atoms with Gasteiger partial charge in [-0.05, 0) is 18.8 Å². The third-order valence-electron chi connectivity index (χ3n) is 1.85. The molecule has 0 aromatic carbocycles. The molecule has 0 amide bonds. The average molecular weight is 140 g/mol. The predicted octanol–water partition coefficient (Wildman–Crippen LogP) is 3.78. The minimum absolute atomic E-state index is 0.747. The Kier molecular flexibility index (Phi) is 5.38. The topological polar surface area (TPSA) is 0 Å². The molecule has 0 bridgehead atoms. The Morgan fingerprint density at radius 3 is 2.20 bits per heavy atom. The maximum Gasteiger partial charge on any atom is -0.0260 e. The van der Waals surface area contributed by atoms with E-state index in [-0.39, 0.29) is 0 Å². The highest BCUT2D eigenvalue weighted by molar-refractivity contribution is 5.03. The summed E-state index contributed by atoms with van der Waals surface area (Å²) in [5.41, 5.74) is 1.61. The van der Waals surface area contributed by atoms with Crippen molar-refractivity contribution in [3.8, 4) is 0 Å². The number of hydrogen-bond acceptors (Lipinski definition) is 0. The molecule has 0 radical (unpaired) electrons. The van der Waals surface area contributed by atoms with E-state index < -0.39 is 0 Å². The Morgan fingerprint density at radius 1 is 1.30 bits per heavy atom. The van der Waals surface area contributed by atoms with Crippen molar-refractivity contribution < 1.29 is 0 Å². The van der Waals surface area contributed by atoms with Gasteiger partial charge in [0.05, 0.1) is 0 Å². The lowest BCUT2D eigenvalue weighted by Gasteiger charge is -2.07. The molecule has 0 nitrogen and oxygen atoms in total. The van der Waals surface area contributed by atoms with Crippen molar-refractivity contribution in [2.45, 2.75) is 47.0 Å². The van der Waals surface area contributed by atoms with Crippen molar-refractivity contribution in [2.75, 3.05) is 0 Å². The zero-order valence-corrected chi connectivity index (χ0v) is 7.78. The van der Waals surface area contributed by atoms with Crippen molar-refractivity contribution in [1.82, 2.24) is 0 Å². The van der Waals surface area contributed by atoms with Crippen LogP contribution in [0.2, 0.25) is 0 Å². The van der Waals surface area contributed by atoms with E-state index in [1.54, 1.807) is 5.57 Å². The van der Waals surface area contributed by atoms with E-state index in [1.807, 2.05) is 0 Å². The summed E-state index contributed by atoms with van der Waals surface area (Å²) >= 11 is 0. The van der Waals surface area contributed by atoms with Gasteiger partial charge in [-0.2, -0.15) is 0 Å². The maximum atomic E-state index is 2.39. The highest BCUT2D eigenvalue weighted by atomic mass is 14.0. The van der Waals surface area contributed by atoms with Crippen molar-refractivity contribution in [1.29, 1.82) is 0 Å². The predicted molar refractivity (Wildman–Crippen MR) is 48.1 cm³/mol. The molecular formula is C10H20. The molecule has 0 spiro atoms. The monoisotopic (exact) mass is 140 g/mol. The Hall–Kier alpha value is -0.260. The van der Waals surface area contributed by atoms with Gasteiger partial charge in [-0.3, -0.25) is 0 Å². The molecule has 0 saturated carbocycles. The largest absolute Gasteiger partial charge is 0.0851 e. The van der Waals surface area contributed by atoms with E-state index in [0.29, 0.717) is 0 Å². The van der Waals surface area contributed by atoms with E-state index in [2.05, 4.69) is 33.8 Å². The third-order valence-corrected chi connectivity index (χ3v) is 1.85. The Balaban J connectivity index is 3.79. The number of rotatable bonds is 4. The summed E-state index contributed by atoms with van der Waals surface area (Å²) in [6.07, 6.45) is 6.14. The molecule has 60 valence electrons. The fourth-order valence-electron chi connectivity index (χ4n) is 1.12. The number of allylic oxidation sites excluding steroid dienone is 2. The molecule has 0 unspecified atom stereocenters. The van der Waals surface area contributed by atoms with Crippen LogP contribution in [-0.4, -0.2) is 0 Å². The van der Waals surface area contributed by atoms with E-state index in [0.717, 1.165) is 5.92 Å². The summed E-state index contributed by atoms with van der Waals surface area (Å²) in [5, 5.41) is 0. The zero-order valence-electron chi connectivity index (χ0n) is 7.78.